The highest BCUT2D eigenvalue weighted by atomic mass is 19.2. The molecular formula is C16H13F2N3O2. The van der Waals surface area contributed by atoms with Gasteiger partial charge in [-0.3, -0.25) is 14.5 Å². The zero-order chi connectivity index (χ0) is 16.4. The number of carbonyl (C=O) groups is 2. The van der Waals surface area contributed by atoms with Crippen molar-refractivity contribution in [2.75, 3.05) is 28.6 Å². The maximum Gasteiger partial charge on any atom is 0.246 e. The lowest BCUT2D eigenvalue weighted by atomic mass is 10.1. The minimum atomic E-state index is -1.08. The van der Waals surface area contributed by atoms with Gasteiger partial charge < -0.3 is 10.6 Å². The van der Waals surface area contributed by atoms with Crippen molar-refractivity contribution in [3.05, 3.63) is 54.1 Å². The van der Waals surface area contributed by atoms with Gasteiger partial charge in [-0.1, -0.05) is 18.2 Å². The second-order valence-electron chi connectivity index (χ2n) is 5.03. The standard InChI is InChI=1S/C16H13F2N3O2/c17-11-6-13-14(7-12(11)18)21(16(23)8-19-13)9-15(22)20-10-4-2-1-3-5-10/h1-7,19H,8-9H2,(H,20,22). The summed E-state index contributed by atoms with van der Waals surface area (Å²) in [4.78, 5) is 25.2. The maximum atomic E-state index is 13.5. The average molecular weight is 317 g/mol. The van der Waals surface area contributed by atoms with Crippen LogP contribution in [0.25, 0.3) is 0 Å². The zero-order valence-corrected chi connectivity index (χ0v) is 12.0. The number of nitrogens with zero attached hydrogens (tertiary/aromatic N) is 1. The third-order valence-corrected chi connectivity index (χ3v) is 3.42. The third kappa shape index (κ3) is 3.13. The highest BCUT2D eigenvalue weighted by molar-refractivity contribution is 6.07. The lowest BCUT2D eigenvalue weighted by Gasteiger charge is -2.29. The number of rotatable bonds is 3. The number of carbonyl (C=O) groups excluding carboxylic acids is 2. The summed E-state index contributed by atoms with van der Waals surface area (Å²) >= 11 is 0. The van der Waals surface area contributed by atoms with Gasteiger partial charge in [0.25, 0.3) is 0 Å². The van der Waals surface area contributed by atoms with Gasteiger partial charge in [0.1, 0.15) is 6.54 Å². The van der Waals surface area contributed by atoms with Crippen LogP contribution in [-0.2, 0) is 9.59 Å². The first-order chi connectivity index (χ1) is 11.0. The van der Waals surface area contributed by atoms with Crippen LogP contribution in [0.3, 0.4) is 0 Å². The largest absolute Gasteiger partial charge is 0.374 e. The van der Waals surface area contributed by atoms with E-state index < -0.39 is 23.4 Å². The van der Waals surface area contributed by atoms with Gasteiger partial charge in [-0.2, -0.15) is 0 Å². The Bertz CT molecular complexity index is 765. The van der Waals surface area contributed by atoms with Gasteiger partial charge in [-0.15, -0.1) is 0 Å². The molecule has 0 aliphatic carbocycles. The first kappa shape index (κ1) is 15.0. The Kier molecular flexibility index (Phi) is 3.92. The smallest absolute Gasteiger partial charge is 0.246 e. The van der Waals surface area contributed by atoms with Crippen molar-refractivity contribution < 1.29 is 18.4 Å². The fourth-order valence-electron chi connectivity index (χ4n) is 2.34. The second kappa shape index (κ2) is 6.04. The molecule has 2 aromatic rings. The molecule has 0 saturated carbocycles. The Labute approximate surface area is 130 Å². The van der Waals surface area contributed by atoms with E-state index in [-0.39, 0.29) is 24.5 Å². The van der Waals surface area contributed by atoms with E-state index in [1.807, 2.05) is 6.07 Å². The zero-order valence-electron chi connectivity index (χ0n) is 12.0. The molecule has 7 heteroatoms. The Morgan fingerprint density at radius 3 is 2.61 bits per heavy atom. The van der Waals surface area contributed by atoms with E-state index in [0.29, 0.717) is 5.69 Å². The fraction of sp³-hybridized carbons (Fsp3) is 0.125. The first-order valence-electron chi connectivity index (χ1n) is 6.93. The number of amides is 2. The summed E-state index contributed by atoms with van der Waals surface area (Å²) in [5, 5.41) is 5.35. The van der Waals surface area contributed by atoms with Gasteiger partial charge in [0.15, 0.2) is 11.6 Å². The molecule has 2 aromatic carbocycles. The van der Waals surface area contributed by atoms with Crippen LogP contribution in [0.2, 0.25) is 0 Å². The number of halogens is 2. The Hall–Kier alpha value is -2.96. The van der Waals surface area contributed by atoms with Crippen LogP contribution < -0.4 is 15.5 Å². The SMILES string of the molecule is O=C(CN1C(=O)CNc2cc(F)c(F)cc21)Nc1ccccc1. The van der Waals surface area contributed by atoms with Crippen molar-refractivity contribution in [2.45, 2.75) is 0 Å². The van der Waals surface area contributed by atoms with E-state index in [2.05, 4.69) is 10.6 Å². The number of hydrogen-bond donors (Lipinski definition) is 2. The number of nitrogens with one attached hydrogen (secondary N) is 2. The summed E-state index contributed by atoms with van der Waals surface area (Å²) in [7, 11) is 0. The lowest BCUT2D eigenvalue weighted by Crippen LogP contribution is -2.44. The van der Waals surface area contributed by atoms with E-state index in [0.717, 1.165) is 17.0 Å². The van der Waals surface area contributed by atoms with Crippen molar-refractivity contribution in [1.82, 2.24) is 0 Å². The topological polar surface area (TPSA) is 61.4 Å². The number of benzene rings is 2. The van der Waals surface area contributed by atoms with Crippen molar-refractivity contribution >= 4 is 28.9 Å². The molecule has 0 unspecified atom stereocenters. The minimum Gasteiger partial charge on any atom is -0.374 e. The molecule has 2 N–H and O–H groups in total. The molecule has 2 amide bonds. The van der Waals surface area contributed by atoms with Crippen LogP contribution in [0.1, 0.15) is 0 Å². The number of fused-ring (bicyclic) bond motifs is 1. The molecule has 0 saturated heterocycles. The van der Waals surface area contributed by atoms with Gasteiger partial charge in [-0.25, -0.2) is 8.78 Å². The summed E-state index contributed by atoms with van der Waals surface area (Å²) in [5.41, 5.74) is 1.00. The number of para-hydroxylation sites is 1. The number of anilines is 3. The predicted molar refractivity (Wildman–Crippen MR) is 82.3 cm³/mol. The van der Waals surface area contributed by atoms with E-state index >= 15 is 0 Å². The maximum absolute atomic E-state index is 13.5. The number of hydrogen-bond acceptors (Lipinski definition) is 3. The highest BCUT2D eigenvalue weighted by Crippen LogP contribution is 2.31. The monoisotopic (exact) mass is 317 g/mol. The molecule has 1 heterocycles. The molecule has 0 spiro atoms. The van der Waals surface area contributed by atoms with E-state index in [1.54, 1.807) is 24.3 Å². The summed E-state index contributed by atoms with van der Waals surface area (Å²) in [6, 6.07) is 10.6. The second-order valence-corrected chi connectivity index (χ2v) is 5.03. The van der Waals surface area contributed by atoms with Crippen molar-refractivity contribution in [3.63, 3.8) is 0 Å². The summed E-state index contributed by atoms with van der Waals surface area (Å²) < 4.78 is 26.7. The van der Waals surface area contributed by atoms with Crippen LogP contribution in [0, 0.1) is 11.6 Å². The summed E-state index contributed by atoms with van der Waals surface area (Å²) in [6.07, 6.45) is 0. The van der Waals surface area contributed by atoms with Crippen LogP contribution in [0.4, 0.5) is 25.8 Å². The van der Waals surface area contributed by atoms with Gasteiger partial charge in [0.2, 0.25) is 11.8 Å². The highest BCUT2D eigenvalue weighted by Gasteiger charge is 2.27. The molecule has 3 rings (SSSR count). The average Bonchev–Trinajstić information content (AvgIpc) is 2.53. The first-order valence-corrected chi connectivity index (χ1v) is 6.93. The van der Waals surface area contributed by atoms with Gasteiger partial charge >= 0.3 is 0 Å². The quantitative estimate of drug-likeness (QED) is 0.913. The van der Waals surface area contributed by atoms with Gasteiger partial charge in [-0.05, 0) is 12.1 Å². The molecule has 1 aliphatic heterocycles. The fourth-order valence-corrected chi connectivity index (χ4v) is 2.34. The summed E-state index contributed by atoms with van der Waals surface area (Å²) in [6.45, 7) is -0.371. The third-order valence-electron chi connectivity index (χ3n) is 3.42. The van der Waals surface area contributed by atoms with Crippen molar-refractivity contribution in [1.29, 1.82) is 0 Å². The minimum absolute atomic E-state index is 0.0866. The van der Waals surface area contributed by atoms with E-state index in [1.165, 1.54) is 0 Å². The summed E-state index contributed by atoms with van der Waals surface area (Å²) in [5.74, 6) is -2.91. The Morgan fingerprint density at radius 1 is 1.17 bits per heavy atom. The molecule has 5 nitrogen and oxygen atoms in total. The van der Waals surface area contributed by atoms with E-state index in [9.17, 15) is 18.4 Å². The molecule has 118 valence electrons. The van der Waals surface area contributed by atoms with Gasteiger partial charge in [0.05, 0.1) is 17.9 Å². The van der Waals surface area contributed by atoms with Crippen LogP contribution >= 0.6 is 0 Å². The van der Waals surface area contributed by atoms with E-state index in [4.69, 9.17) is 0 Å². The van der Waals surface area contributed by atoms with Crippen molar-refractivity contribution in [2.24, 2.45) is 0 Å². The molecule has 0 radical (unpaired) electrons. The molecule has 0 aromatic heterocycles. The van der Waals surface area contributed by atoms with Crippen LogP contribution in [-0.4, -0.2) is 24.9 Å². The van der Waals surface area contributed by atoms with Crippen molar-refractivity contribution in [3.8, 4) is 0 Å². The molecule has 0 atom stereocenters. The Balaban J connectivity index is 1.81. The van der Waals surface area contributed by atoms with Gasteiger partial charge in [0, 0.05) is 17.8 Å². The normalized spacial score (nSPS) is 13.3. The molecule has 0 fully saturated rings. The predicted octanol–water partition coefficient (Wildman–Crippen LogP) is 2.36. The lowest BCUT2D eigenvalue weighted by molar-refractivity contribution is -0.120. The van der Waals surface area contributed by atoms with Crippen LogP contribution in [0.15, 0.2) is 42.5 Å². The Morgan fingerprint density at radius 2 is 1.87 bits per heavy atom. The molecule has 0 bridgehead atoms. The molecule has 1 aliphatic rings. The van der Waals surface area contributed by atoms with Crippen LogP contribution in [0.5, 0.6) is 0 Å². The molecular weight excluding hydrogens is 304 g/mol. The molecule has 23 heavy (non-hydrogen) atoms.